The summed E-state index contributed by atoms with van der Waals surface area (Å²) in [5.74, 6) is -3.27. The van der Waals surface area contributed by atoms with Crippen LogP contribution in [0.5, 0.6) is 0 Å². The van der Waals surface area contributed by atoms with Crippen molar-refractivity contribution >= 4 is 40.6 Å². The van der Waals surface area contributed by atoms with Crippen LogP contribution in [0.4, 0.5) is 20.2 Å². The van der Waals surface area contributed by atoms with Crippen molar-refractivity contribution in [3.63, 3.8) is 0 Å². The summed E-state index contributed by atoms with van der Waals surface area (Å²) in [5, 5.41) is 5.76. The molecular formula is C32H31F2N5O3S. The molecule has 0 aliphatic heterocycles. The van der Waals surface area contributed by atoms with Crippen molar-refractivity contribution < 1.29 is 23.2 Å². The number of nitrogens with two attached hydrogens (primary N) is 1. The predicted octanol–water partition coefficient (Wildman–Crippen LogP) is 5.77. The number of nitrogens with zero attached hydrogens (tertiary/aromatic N) is 2. The highest BCUT2D eigenvalue weighted by molar-refractivity contribution is 7.09. The van der Waals surface area contributed by atoms with E-state index in [0.717, 1.165) is 60.8 Å². The second kappa shape index (κ2) is 13.6. The molecule has 1 atom stereocenters. The van der Waals surface area contributed by atoms with Crippen LogP contribution in [0.15, 0.2) is 78.9 Å². The molecule has 3 amide bonds. The highest BCUT2D eigenvalue weighted by atomic mass is 32.1. The van der Waals surface area contributed by atoms with E-state index in [0.29, 0.717) is 11.5 Å². The summed E-state index contributed by atoms with van der Waals surface area (Å²) in [5.41, 5.74) is 6.92. The van der Waals surface area contributed by atoms with Gasteiger partial charge in [-0.25, -0.2) is 8.78 Å². The Hall–Kier alpha value is -4.64. The molecular weight excluding hydrogens is 572 g/mol. The molecule has 8 nitrogen and oxygen atoms in total. The number of amides is 3. The summed E-state index contributed by atoms with van der Waals surface area (Å²) in [6, 6.07) is 18.3. The summed E-state index contributed by atoms with van der Waals surface area (Å²) in [6.45, 7) is 0.130. The molecule has 43 heavy (non-hydrogen) atoms. The first-order chi connectivity index (χ1) is 20.8. The number of carbonyl (C=O) groups is 3. The average Bonchev–Trinajstić information content (AvgIpc) is 3.41. The van der Waals surface area contributed by atoms with Gasteiger partial charge in [-0.15, -0.1) is 0 Å². The number of nitrogen functional groups attached to an aromatic ring is 1. The topological polar surface area (TPSA) is 117 Å². The molecule has 0 unspecified atom stereocenters. The Morgan fingerprint density at radius 1 is 0.930 bits per heavy atom. The molecule has 1 aliphatic carbocycles. The minimum Gasteiger partial charge on any atom is -0.395 e. The molecule has 0 radical (unpaired) electrons. The van der Waals surface area contributed by atoms with Crippen molar-refractivity contribution in [1.29, 1.82) is 0 Å². The van der Waals surface area contributed by atoms with E-state index in [1.165, 1.54) is 30.3 Å². The van der Waals surface area contributed by atoms with Crippen LogP contribution in [0.2, 0.25) is 0 Å². The molecule has 0 spiro atoms. The van der Waals surface area contributed by atoms with E-state index in [-0.39, 0.29) is 40.1 Å². The first-order valence-electron chi connectivity index (χ1n) is 14.0. The number of aromatic nitrogens is 1. The molecule has 4 aromatic rings. The molecule has 0 bridgehead atoms. The summed E-state index contributed by atoms with van der Waals surface area (Å²) in [4.78, 5) is 42.0. The number of para-hydroxylation sites is 1. The van der Waals surface area contributed by atoms with Gasteiger partial charge in [-0.3, -0.25) is 19.3 Å². The van der Waals surface area contributed by atoms with E-state index >= 15 is 4.39 Å². The quantitative estimate of drug-likeness (QED) is 0.225. The number of hydrogen-bond donors (Lipinski definition) is 3. The van der Waals surface area contributed by atoms with E-state index < -0.39 is 35.4 Å². The van der Waals surface area contributed by atoms with Gasteiger partial charge in [-0.05, 0) is 59.8 Å². The standard InChI is InChI=1S/C32H31F2N5O3S/c33-22-17-15-21(16-18-22)28(31(41)36-19-20-9-3-1-4-10-20)39(25-14-8-7-13-24(25)34)32(42)29-26(35)27(38-43-29)30(40)37-23-11-5-2-6-12-23/h1,3-4,7-10,13-18,23,28H,2,5-6,11-12,19,35H2,(H,36,41)(H,37,40)/t28-/m0/s1. The Labute approximate surface area is 252 Å². The number of hydrogen-bond acceptors (Lipinski definition) is 6. The Morgan fingerprint density at radius 3 is 2.30 bits per heavy atom. The molecule has 0 saturated heterocycles. The van der Waals surface area contributed by atoms with Crippen LogP contribution in [0.1, 0.15) is 69.4 Å². The largest absolute Gasteiger partial charge is 0.395 e. The number of carbonyl (C=O) groups excluding carboxylic acids is 3. The van der Waals surface area contributed by atoms with Crippen LogP contribution < -0.4 is 21.3 Å². The van der Waals surface area contributed by atoms with Gasteiger partial charge in [0.1, 0.15) is 22.6 Å². The number of anilines is 2. The zero-order valence-corrected chi connectivity index (χ0v) is 24.1. The minimum absolute atomic E-state index is 0.00687. The lowest BCUT2D eigenvalue weighted by Crippen LogP contribution is -2.44. The number of benzene rings is 3. The van der Waals surface area contributed by atoms with Gasteiger partial charge in [0.25, 0.3) is 11.8 Å². The molecule has 11 heteroatoms. The third kappa shape index (κ3) is 6.89. The van der Waals surface area contributed by atoms with Crippen molar-refractivity contribution in [3.8, 4) is 0 Å². The molecule has 222 valence electrons. The molecule has 1 aliphatic rings. The Kier molecular flexibility index (Phi) is 9.41. The first kappa shape index (κ1) is 29.8. The Morgan fingerprint density at radius 2 is 1.60 bits per heavy atom. The maximum Gasteiger partial charge on any atom is 0.273 e. The van der Waals surface area contributed by atoms with E-state index in [1.54, 1.807) is 0 Å². The SMILES string of the molecule is Nc1c(C(=O)NC2CCCCC2)nsc1C(=O)N(c1ccccc1F)[C@H](C(=O)NCc1ccccc1)c1ccc(F)cc1. The highest BCUT2D eigenvalue weighted by Gasteiger charge is 2.37. The second-order valence-electron chi connectivity index (χ2n) is 10.4. The zero-order chi connectivity index (χ0) is 30.3. The summed E-state index contributed by atoms with van der Waals surface area (Å²) in [6.07, 6.45) is 4.83. The van der Waals surface area contributed by atoms with Gasteiger partial charge < -0.3 is 16.4 Å². The number of rotatable bonds is 9. The molecule has 1 aromatic heterocycles. The van der Waals surface area contributed by atoms with Gasteiger partial charge in [-0.2, -0.15) is 4.37 Å². The lowest BCUT2D eigenvalue weighted by atomic mass is 9.95. The zero-order valence-electron chi connectivity index (χ0n) is 23.3. The van der Waals surface area contributed by atoms with Gasteiger partial charge in [0, 0.05) is 12.6 Å². The van der Waals surface area contributed by atoms with E-state index in [9.17, 15) is 18.8 Å². The van der Waals surface area contributed by atoms with Crippen LogP contribution in [0, 0.1) is 11.6 Å². The van der Waals surface area contributed by atoms with Crippen molar-refractivity contribution in [2.75, 3.05) is 10.6 Å². The Balaban J connectivity index is 1.53. The molecule has 1 heterocycles. The van der Waals surface area contributed by atoms with Gasteiger partial charge in [-0.1, -0.05) is 73.9 Å². The van der Waals surface area contributed by atoms with Crippen LogP contribution in [-0.4, -0.2) is 28.1 Å². The third-order valence-corrected chi connectivity index (χ3v) is 8.26. The average molecular weight is 604 g/mol. The Bertz CT molecular complexity index is 1590. The predicted molar refractivity (Wildman–Crippen MR) is 162 cm³/mol. The van der Waals surface area contributed by atoms with Crippen molar-refractivity contribution in [1.82, 2.24) is 15.0 Å². The molecule has 3 aromatic carbocycles. The lowest BCUT2D eigenvalue weighted by molar-refractivity contribution is -0.122. The fraction of sp³-hybridized carbons (Fsp3) is 0.250. The molecule has 1 fully saturated rings. The van der Waals surface area contributed by atoms with Gasteiger partial charge in [0.05, 0.1) is 11.4 Å². The van der Waals surface area contributed by atoms with Crippen molar-refractivity contribution in [3.05, 3.63) is 112 Å². The van der Waals surface area contributed by atoms with Crippen LogP contribution in [-0.2, 0) is 11.3 Å². The fourth-order valence-electron chi connectivity index (χ4n) is 5.18. The van der Waals surface area contributed by atoms with Gasteiger partial charge in [0.15, 0.2) is 5.69 Å². The lowest BCUT2D eigenvalue weighted by Gasteiger charge is -2.31. The van der Waals surface area contributed by atoms with Crippen LogP contribution >= 0.6 is 11.5 Å². The third-order valence-electron chi connectivity index (χ3n) is 7.41. The normalized spacial score (nSPS) is 14.1. The number of halogens is 2. The van der Waals surface area contributed by atoms with E-state index in [4.69, 9.17) is 5.73 Å². The summed E-state index contributed by atoms with van der Waals surface area (Å²) < 4.78 is 33.5. The van der Waals surface area contributed by atoms with Gasteiger partial charge in [0.2, 0.25) is 5.91 Å². The summed E-state index contributed by atoms with van der Waals surface area (Å²) >= 11 is 0.699. The fourth-order valence-corrected chi connectivity index (χ4v) is 5.92. The van der Waals surface area contributed by atoms with Crippen LogP contribution in [0.3, 0.4) is 0 Å². The van der Waals surface area contributed by atoms with Crippen molar-refractivity contribution in [2.45, 2.75) is 50.7 Å². The molecule has 5 rings (SSSR count). The monoisotopic (exact) mass is 603 g/mol. The smallest absolute Gasteiger partial charge is 0.273 e. The van der Waals surface area contributed by atoms with E-state index in [1.807, 2.05) is 30.3 Å². The molecule has 1 saturated carbocycles. The molecule has 4 N–H and O–H groups in total. The maximum atomic E-state index is 15.4. The van der Waals surface area contributed by atoms with Gasteiger partial charge >= 0.3 is 0 Å². The highest BCUT2D eigenvalue weighted by Crippen LogP contribution is 2.35. The van der Waals surface area contributed by atoms with Crippen molar-refractivity contribution in [2.24, 2.45) is 0 Å². The second-order valence-corrected chi connectivity index (χ2v) is 11.1. The van der Waals surface area contributed by atoms with Crippen LogP contribution in [0.25, 0.3) is 0 Å². The number of nitrogens with one attached hydrogen (secondary N) is 2. The first-order valence-corrected chi connectivity index (χ1v) is 14.8. The van der Waals surface area contributed by atoms with E-state index in [2.05, 4.69) is 15.0 Å². The maximum absolute atomic E-state index is 15.4. The minimum atomic E-state index is -1.42. The summed E-state index contributed by atoms with van der Waals surface area (Å²) in [7, 11) is 0.